The van der Waals surface area contributed by atoms with Gasteiger partial charge in [-0.25, -0.2) is 0 Å². The number of rotatable bonds is 4. The number of hydrogen-bond donors (Lipinski definition) is 0. The predicted octanol–water partition coefficient (Wildman–Crippen LogP) is 1.62. The molecule has 0 unspecified atom stereocenters. The molecule has 2 aromatic rings. The Bertz CT molecular complexity index is 657. The van der Waals surface area contributed by atoms with Crippen LogP contribution >= 0.6 is 0 Å². The average Bonchev–Trinajstić information content (AvgIpc) is 2.85. The van der Waals surface area contributed by atoms with E-state index in [1.54, 1.807) is 18.2 Å². The molecule has 0 radical (unpaired) electrons. The van der Waals surface area contributed by atoms with E-state index in [0.29, 0.717) is 11.3 Å². The molecule has 2 rings (SSSR count). The fourth-order valence-electron chi connectivity index (χ4n) is 1.58. The Morgan fingerprint density at radius 1 is 1.21 bits per heavy atom. The molecule has 6 heteroatoms. The van der Waals surface area contributed by atoms with Gasteiger partial charge in [0.2, 0.25) is 0 Å². The van der Waals surface area contributed by atoms with E-state index in [1.165, 1.54) is 24.3 Å². The van der Waals surface area contributed by atoms with Crippen LogP contribution in [0.3, 0.4) is 0 Å². The first kappa shape index (κ1) is 12.6. The van der Waals surface area contributed by atoms with E-state index in [1.807, 2.05) is 0 Å². The van der Waals surface area contributed by atoms with Gasteiger partial charge in [-0.2, -0.15) is 0 Å². The van der Waals surface area contributed by atoms with E-state index in [9.17, 15) is 20.0 Å². The van der Waals surface area contributed by atoms with Gasteiger partial charge in [-0.05, 0) is 30.4 Å². The van der Waals surface area contributed by atoms with Gasteiger partial charge in [0, 0.05) is 6.07 Å². The van der Waals surface area contributed by atoms with Crippen molar-refractivity contribution in [2.24, 2.45) is 0 Å². The molecule has 0 N–H and O–H groups in total. The Kier molecular flexibility index (Phi) is 3.42. The minimum absolute atomic E-state index is 0.0766. The van der Waals surface area contributed by atoms with E-state index >= 15 is 0 Å². The van der Waals surface area contributed by atoms with Crippen molar-refractivity contribution in [3.63, 3.8) is 0 Å². The lowest BCUT2D eigenvalue weighted by Gasteiger charge is -1.98. The Morgan fingerprint density at radius 2 is 1.95 bits per heavy atom. The second kappa shape index (κ2) is 5.18. The second-order valence-corrected chi connectivity index (χ2v) is 3.63. The zero-order valence-electron chi connectivity index (χ0n) is 9.61. The quantitative estimate of drug-likeness (QED) is 0.471. The van der Waals surface area contributed by atoms with Crippen molar-refractivity contribution in [2.45, 2.75) is 0 Å². The standard InChI is InChI=1S/C13H9NO5/c15-13(16)8-6-9-5-7-12(19-9)10-3-1-2-4-11(10)14(17)18/h1-8H,(H,15,16)/p-1/b8-6+. The van der Waals surface area contributed by atoms with Crippen molar-refractivity contribution >= 4 is 17.7 Å². The van der Waals surface area contributed by atoms with Gasteiger partial charge in [0.15, 0.2) is 0 Å². The summed E-state index contributed by atoms with van der Waals surface area (Å²) in [4.78, 5) is 20.6. The van der Waals surface area contributed by atoms with E-state index in [2.05, 4.69) is 0 Å². The van der Waals surface area contributed by atoms with E-state index in [4.69, 9.17) is 4.42 Å². The number of benzene rings is 1. The van der Waals surface area contributed by atoms with Crippen LogP contribution in [0.15, 0.2) is 46.9 Å². The normalized spacial score (nSPS) is 10.7. The number of hydrogen-bond acceptors (Lipinski definition) is 5. The lowest BCUT2D eigenvalue weighted by atomic mass is 10.1. The van der Waals surface area contributed by atoms with Crippen LogP contribution in [0.25, 0.3) is 17.4 Å². The van der Waals surface area contributed by atoms with Crippen LogP contribution in [-0.2, 0) is 4.79 Å². The van der Waals surface area contributed by atoms with Crippen molar-refractivity contribution in [2.75, 3.05) is 0 Å². The van der Waals surface area contributed by atoms with Gasteiger partial charge in [-0.15, -0.1) is 0 Å². The molecule has 0 saturated carbocycles. The van der Waals surface area contributed by atoms with Gasteiger partial charge in [0.25, 0.3) is 5.69 Å². The fraction of sp³-hybridized carbons (Fsp3) is 0. The molecule has 0 saturated heterocycles. The number of carboxylic acid groups (broad SMARTS) is 1. The Balaban J connectivity index is 2.38. The molecule has 1 heterocycles. The Labute approximate surface area is 107 Å². The zero-order valence-corrected chi connectivity index (χ0v) is 9.61. The number of para-hydroxylation sites is 1. The zero-order chi connectivity index (χ0) is 13.8. The highest BCUT2D eigenvalue weighted by Gasteiger charge is 2.16. The van der Waals surface area contributed by atoms with Crippen molar-refractivity contribution in [1.82, 2.24) is 0 Å². The first-order chi connectivity index (χ1) is 9.08. The van der Waals surface area contributed by atoms with Crippen LogP contribution in [0.4, 0.5) is 5.69 Å². The van der Waals surface area contributed by atoms with Crippen LogP contribution in [0, 0.1) is 10.1 Å². The van der Waals surface area contributed by atoms with Crippen LogP contribution in [0.5, 0.6) is 0 Å². The molecule has 0 amide bonds. The highest BCUT2D eigenvalue weighted by atomic mass is 16.6. The molecule has 0 bridgehead atoms. The summed E-state index contributed by atoms with van der Waals surface area (Å²) >= 11 is 0. The maximum Gasteiger partial charge on any atom is 0.280 e. The molecular weight excluding hydrogens is 250 g/mol. The summed E-state index contributed by atoms with van der Waals surface area (Å²) in [7, 11) is 0. The van der Waals surface area contributed by atoms with Crippen molar-refractivity contribution in [1.29, 1.82) is 0 Å². The Hall–Kier alpha value is -2.89. The molecule has 0 aliphatic rings. The minimum Gasteiger partial charge on any atom is -0.545 e. The SMILES string of the molecule is O=C([O-])/C=C/c1ccc(-c2ccccc2[N+](=O)[O-])o1. The monoisotopic (exact) mass is 258 g/mol. The summed E-state index contributed by atoms with van der Waals surface area (Å²) in [6, 6.07) is 9.20. The predicted molar refractivity (Wildman–Crippen MR) is 64.8 cm³/mol. The highest BCUT2D eigenvalue weighted by molar-refractivity contribution is 5.83. The third-order valence-corrected chi connectivity index (χ3v) is 2.38. The molecule has 19 heavy (non-hydrogen) atoms. The van der Waals surface area contributed by atoms with E-state index in [-0.39, 0.29) is 11.4 Å². The second-order valence-electron chi connectivity index (χ2n) is 3.63. The molecule has 0 spiro atoms. The topological polar surface area (TPSA) is 96.4 Å². The number of nitro groups is 1. The van der Waals surface area contributed by atoms with Crippen LogP contribution in [-0.4, -0.2) is 10.9 Å². The minimum atomic E-state index is -1.34. The third-order valence-electron chi connectivity index (χ3n) is 2.38. The van der Waals surface area contributed by atoms with Crippen LogP contribution in [0.2, 0.25) is 0 Å². The lowest BCUT2D eigenvalue weighted by molar-refractivity contribution is -0.384. The van der Waals surface area contributed by atoms with Crippen LogP contribution < -0.4 is 5.11 Å². The van der Waals surface area contributed by atoms with Crippen molar-refractivity contribution in [3.05, 3.63) is 58.3 Å². The third kappa shape index (κ3) is 2.86. The first-order valence-electron chi connectivity index (χ1n) is 5.30. The molecule has 0 aliphatic heterocycles. The molecule has 0 atom stereocenters. The van der Waals surface area contributed by atoms with Gasteiger partial charge >= 0.3 is 0 Å². The first-order valence-corrected chi connectivity index (χ1v) is 5.30. The number of furan rings is 1. The van der Waals surface area contributed by atoms with Crippen molar-refractivity contribution < 1.29 is 19.2 Å². The lowest BCUT2D eigenvalue weighted by Crippen LogP contribution is -2.18. The van der Waals surface area contributed by atoms with Gasteiger partial charge in [0.1, 0.15) is 11.5 Å². The summed E-state index contributed by atoms with van der Waals surface area (Å²) in [5.41, 5.74) is 0.257. The number of nitro benzene ring substituents is 1. The van der Waals surface area contributed by atoms with E-state index in [0.717, 1.165) is 6.08 Å². The summed E-state index contributed by atoms with van der Waals surface area (Å²) in [5, 5.41) is 21.1. The molecule has 1 aromatic heterocycles. The number of carboxylic acids is 1. The molecular formula is C13H8NO5-. The summed E-state index contributed by atoms with van der Waals surface area (Å²) in [5.74, 6) is -0.772. The fourth-order valence-corrected chi connectivity index (χ4v) is 1.58. The van der Waals surface area contributed by atoms with Gasteiger partial charge in [-0.1, -0.05) is 12.1 Å². The largest absolute Gasteiger partial charge is 0.545 e. The summed E-state index contributed by atoms with van der Waals surface area (Å²) in [6.45, 7) is 0. The molecule has 0 aliphatic carbocycles. The molecule has 0 fully saturated rings. The maximum absolute atomic E-state index is 10.9. The Morgan fingerprint density at radius 3 is 2.63 bits per heavy atom. The highest BCUT2D eigenvalue weighted by Crippen LogP contribution is 2.30. The summed E-state index contributed by atoms with van der Waals surface area (Å²) < 4.78 is 5.33. The molecule has 6 nitrogen and oxygen atoms in total. The number of carbonyl (C=O) groups excluding carboxylic acids is 1. The summed E-state index contributed by atoms with van der Waals surface area (Å²) in [6.07, 6.45) is 2.04. The smallest absolute Gasteiger partial charge is 0.280 e. The average molecular weight is 258 g/mol. The van der Waals surface area contributed by atoms with Gasteiger partial charge in [0.05, 0.1) is 16.5 Å². The molecule has 1 aromatic carbocycles. The van der Waals surface area contributed by atoms with Gasteiger partial charge < -0.3 is 14.3 Å². The number of aliphatic carboxylic acids is 1. The number of carbonyl (C=O) groups is 1. The van der Waals surface area contributed by atoms with Gasteiger partial charge in [-0.3, -0.25) is 10.1 Å². The van der Waals surface area contributed by atoms with E-state index < -0.39 is 10.9 Å². The number of nitrogens with zero attached hydrogens (tertiary/aromatic N) is 1. The van der Waals surface area contributed by atoms with Crippen LogP contribution in [0.1, 0.15) is 5.76 Å². The van der Waals surface area contributed by atoms with Crippen molar-refractivity contribution in [3.8, 4) is 11.3 Å². The maximum atomic E-state index is 10.9. The molecule has 96 valence electrons.